The van der Waals surface area contributed by atoms with E-state index in [1.54, 1.807) is 0 Å². The van der Waals surface area contributed by atoms with Gasteiger partial charge in [-0.15, -0.1) is 24.0 Å². The van der Waals surface area contributed by atoms with E-state index in [0.29, 0.717) is 19.1 Å². The molecular weight excluding hydrogens is 497 g/mol. The van der Waals surface area contributed by atoms with E-state index in [9.17, 15) is 9.59 Å². The average Bonchev–Trinajstić information content (AvgIpc) is 2.57. The Bertz CT molecular complexity index is 562. The van der Waals surface area contributed by atoms with E-state index in [1.807, 2.05) is 48.5 Å². The maximum Gasteiger partial charge on any atom is 0.407 e. The van der Waals surface area contributed by atoms with E-state index in [1.165, 1.54) is 0 Å². The molecule has 0 aliphatic heterocycles. The minimum absolute atomic E-state index is 0. The summed E-state index contributed by atoms with van der Waals surface area (Å²) in [6.45, 7) is 15.1. The average molecular weight is 540 g/mol. The number of nitrogens with zero attached hydrogens (tertiary/aromatic N) is 1. The summed E-state index contributed by atoms with van der Waals surface area (Å²) in [5, 5.41) is 12.6. The fourth-order valence-corrected chi connectivity index (χ4v) is 2.97. The molecule has 1 fully saturated rings. The summed E-state index contributed by atoms with van der Waals surface area (Å²) in [4.78, 5) is 28.4. The van der Waals surface area contributed by atoms with Gasteiger partial charge < -0.3 is 26.0 Å². The lowest BCUT2D eigenvalue weighted by atomic mass is 9.91. The van der Waals surface area contributed by atoms with E-state index >= 15 is 0 Å². The van der Waals surface area contributed by atoms with E-state index in [0.717, 1.165) is 38.2 Å². The predicted octanol–water partition coefficient (Wildman–Crippen LogP) is 3.16. The molecule has 0 atom stereocenters. The number of rotatable bonds is 6. The van der Waals surface area contributed by atoms with Crippen LogP contribution >= 0.6 is 24.0 Å². The maximum absolute atomic E-state index is 11.9. The molecule has 0 bridgehead atoms. The van der Waals surface area contributed by atoms with Crippen molar-refractivity contribution in [3.8, 4) is 0 Å². The summed E-state index contributed by atoms with van der Waals surface area (Å²) in [7, 11) is 0. The molecule has 0 aromatic heterocycles. The number of guanidine groups is 1. The molecule has 8 nitrogen and oxygen atoms in total. The molecule has 2 amide bonds. The molecule has 0 saturated heterocycles. The van der Waals surface area contributed by atoms with Crippen LogP contribution in [0.3, 0.4) is 0 Å². The Hall–Kier alpha value is -1.26. The van der Waals surface area contributed by atoms with Gasteiger partial charge >= 0.3 is 6.09 Å². The highest BCUT2D eigenvalue weighted by atomic mass is 127. The molecule has 1 aliphatic rings. The van der Waals surface area contributed by atoms with Crippen molar-refractivity contribution in [2.45, 2.75) is 91.8 Å². The van der Waals surface area contributed by atoms with Crippen LogP contribution in [0.15, 0.2) is 4.99 Å². The van der Waals surface area contributed by atoms with Crippen LogP contribution in [-0.4, -0.2) is 55.3 Å². The third-order valence-corrected chi connectivity index (χ3v) is 4.48. The van der Waals surface area contributed by atoms with Gasteiger partial charge in [-0.25, -0.2) is 4.79 Å². The van der Waals surface area contributed by atoms with Crippen LogP contribution in [0.25, 0.3) is 0 Å². The monoisotopic (exact) mass is 539 g/mol. The molecule has 0 aromatic carbocycles. The normalized spacial score (nSPS) is 19.9. The zero-order chi connectivity index (χ0) is 22.1. The van der Waals surface area contributed by atoms with Gasteiger partial charge in [0.05, 0.1) is 6.54 Å². The number of hydrogen-bond donors (Lipinski definition) is 4. The Labute approximate surface area is 199 Å². The molecule has 4 N–H and O–H groups in total. The van der Waals surface area contributed by atoms with Crippen molar-refractivity contribution >= 4 is 41.9 Å². The molecule has 0 unspecified atom stereocenters. The minimum atomic E-state index is -0.480. The number of alkyl carbamates (subject to hydrolysis) is 1. The van der Waals surface area contributed by atoms with E-state index in [-0.39, 0.29) is 42.0 Å². The summed E-state index contributed by atoms with van der Waals surface area (Å²) in [5.41, 5.74) is -0.870. The van der Waals surface area contributed by atoms with Gasteiger partial charge in [-0.2, -0.15) is 0 Å². The van der Waals surface area contributed by atoms with Gasteiger partial charge in [0.15, 0.2) is 5.96 Å². The minimum Gasteiger partial charge on any atom is -0.444 e. The Morgan fingerprint density at radius 2 is 1.47 bits per heavy atom. The lowest BCUT2D eigenvalue weighted by Crippen LogP contribution is -2.48. The molecule has 1 saturated carbocycles. The van der Waals surface area contributed by atoms with Crippen LogP contribution in [0.1, 0.15) is 74.1 Å². The number of hydrogen-bond acceptors (Lipinski definition) is 4. The number of nitrogens with one attached hydrogen (secondary N) is 4. The first-order valence-corrected chi connectivity index (χ1v) is 10.7. The SMILES string of the molecule is CCNC(=NCCNC(=O)C(C)(C)C)NC1CCC(NC(=O)OC(C)(C)C)CC1.I. The molecule has 0 radical (unpaired) electrons. The van der Waals surface area contributed by atoms with E-state index in [4.69, 9.17) is 4.74 Å². The van der Waals surface area contributed by atoms with Crippen molar-refractivity contribution in [1.82, 2.24) is 21.3 Å². The highest BCUT2D eigenvalue weighted by molar-refractivity contribution is 14.0. The van der Waals surface area contributed by atoms with Gasteiger partial charge in [-0.3, -0.25) is 9.79 Å². The van der Waals surface area contributed by atoms with Crippen LogP contribution in [0.4, 0.5) is 4.79 Å². The van der Waals surface area contributed by atoms with Crippen LogP contribution in [0.2, 0.25) is 0 Å². The van der Waals surface area contributed by atoms with Gasteiger partial charge in [-0.05, 0) is 53.4 Å². The van der Waals surface area contributed by atoms with E-state index < -0.39 is 11.0 Å². The maximum atomic E-state index is 11.9. The highest BCUT2D eigenvalue weighted by Gasteiger charge is 2.25. The molecule has 176 valence electrons. The predicted molar refractivity (Wildman–Crippen MR) is 132 cm³/mol. The number of carbonyl (C=O) groups is 2. The summed E-state index contributed by atoms with van der Waals surface area (Å²) in [6, 6.07) is 0.462. The third-order valence-electron chi connectivity index (χ3n) is 4.48. The summed E-state index contributed by atoms with van der Waals surface area (Å²) in [6.07, 6.45) is 3.36. The van der Waals surface area contributed by atoms with Crippen LogP contribution in [-0.2, 0) is 9.53 Å². The fraction of sp³-hybridized carbons (Fsp3) is 0.857. The molecular formula is C21H42IN5O3. The van der Waals surface area contributed by atoms with Crippen molar-refractivity contribution in [3.63, 3.8) is 0 Å². The second-order valence-corrected chi connectivity index (χ2v) is 9.61. The zero-order valence-corrected chi connectivity index (χ0v) is 22.0. The Morgan fingerprint density at radius 1 is 0.933 bits per heavy atom. The molecule has 1 rings (SSSR count). The largest absolute Gasteiger partial charge is 0.444 e. The topological polar surface area (TPSA) is 104 Å². The highest BCUT2D eigenvalue weighted by Crippen LogP contribution is 2.19. The lowest BCUT2D eigenvalue weighted by molar-refractivity contribution is -0.128. The molecule has 1 aliphatic carbocycles. The van der Waals surface area contributed by atoms with Crippen molar-refractivity contribution in [3.05, 3.63) is 0 Å². The molecule has 0 heterocycles. The van der Waals surface area contributed by atoms with Gasteiger partial charge in [0, 0.05) is 30.6 Å². The second-order valence-electron chi connectivity index (χ2n) is 9.61. The van der Waals surface area contributed by atoms with Crippen LogP contribution < -0.4 is 21.3 Å². The van der Waals surface area contributed by atoms with E-state index in [2.05, 4.69) is 26.3 Å². The Morgan fingerprint density at radius 3 is 1.93 bits per heavy atom. The summed E-state index contributed by atoms with van der Waals surface area (Å²) < 4.78 is 5.33. The molecule has 30 heavy (non-hydrogen) atoms. The van der Waals surface area contributed by atoms with Gasteiger partial charge in [0.1, 0.15) is 5.60 Å². The van der Waals surface area contributed by atoms with Crippen LogP contribution in [0, 0.1) is 5.41 Å². The van der Waals surface area contributed by atoms with Crippen molar-refractivity contribution in [1.29, 1.82) is 0 Å². The number of ether oxygens (including phenoxy) is 1. The Balaban J connectivity index is 0.00000841. The first kappa shape index (κ1) is 28.7. The van der Waals surface area contributed by atoms with Crippen molar-refractivity contribution in [2.75, 3.05) is 19.6 Å². The molecule has 0 aromatic rings. The van der Waals surface area contributed by atoms with Crippen LogP contribution in [0.5, 0.6) is 0 Å². The number of carbonyl (C=O) groups excluding carboxylic acids is 2. The zero-order valence-electron chi connectivity index (χ0n) is 19.7. The smallest absolute Gasteiger partial charge is 0.407 e. The molecule has 9 heteroatoms. The number of aliphatic imine (C=N–C) groups is 1. The van der Waals surface area contributed by atoms with Gasteiger partial charge in [-0.1, -0.05) is 20.8 Å². The quantitative estimate of drug-likeness (QED) is 0.180. The number of halogens is 1. The lowest BCUT2D eigenvalue weighted by Gasteiger charge is -2.31. The molecule has 0 spiro atoms. The fourth-order valence-electron chi connectivity index (χ4n) is 2.97. The first-order valence-electron chi connectivity index (χ1n) is 10.7. The standard InChI is InChI=1S/C21H41N5O3.HI/c1-8-22-18(24-14-13-23-17(27)20(2,3)4)25-15-9-11-16(12-10-15)26-19(28)29-21(5,6)7;/h15-16H,8-14H2,1-7H3,(H,23,27)(H,26,28)(H2,22,24,25);1H. The Kier molecular flexibility index (Phi) is 12.7. The first-order chi connectivity index (χ1) is 13.4. The second kappa shape index (κ2) is 13.2. The van der Waals surface area contributed by atoms with Crippen molar-refractivity contribution in [2.24, 2.45) is 10.4 Å². The third kappa shape index (κ3) is 12.4. The van der Waals surface area contributed by atoms with Gasteiger partial charge in [0.25, 0.3) is 0 Å². The number of amides is 2. The summed E-state index contributed by atoms with van der Waals surface area (Å²) in [5.74, 6) is 0.794. The van der Waals surface area contributed by atoms with Gasteiger partial charge in [0.2, 0.25) is 5.91 Å². The van der Waals surface area contributed by atoms with Crippen molar-refractivity contribution < 1.29 is 14.3 Å². The summed E-state index contributed by atoms with van der Waals surface area (Å²) >= 11 is 0.